The third kappa shape index (κ3) is 2.69. The molecule has 3 heteroatoms. The van der Waals surface area contributed by atoms with Gasteiger partial charge in [0.05, 0.1) is 6.61 Å². The lowest BCUT2D eigenvalue weighted by Gasteiger charge is -2.09. The first-order valence-corrected chi connectivity index (χ1v) is 5.32. The molecule has 0 spiro atoms. The Morgan fingerprint density at radius 2 is 2.21 bits per heavy atom. The van der Waals surface area contributed by atoms with Crippen molar-refractivity contribution in [2.45, 2.75) is 39.7 Å². The molecule has 0 radical (unpaired) electrons. The third-order valence-corrected chi connectivity index (χ3v) is 2.54. The van der Waals surface area contributed by atoms with Crippen molar-refractivity contribution in [1.29, 1.82) is 0 Å². The minimum absolute atomic E-state index is 0.0506. The molecule has 0 saturated carbocycles. The smallest absolute Gasteiger partial charge is 0.129 e. The minimum Gasteiger partial charge on any atom is -0.392 e. The first kappa shape index (κ1) is 11.5. The van der Waals surface area contributed by atoms with E-state index >= 15 is 0 Å². The summed E-state index contributed by atoms with van der Waals surface area (Å²) in [6.07, 6.45) is 3.23. The zero-order valence-corrected chi connectivity index (χ0v) is 9.43. The highest BCUT2D eigenvalue weighted by molar-refractivity contribution is 6.29. The number of aliphatic hydroxyl groups excluding tert-OH is 1. The maximum Gasteiger partial charge on any atom is 0.129 e. The van der Waals surface area contributed by atoms with Crippen molar-refractivity contribution >= 4 is 11.6 Å². The van der Waals surface area contributed by atoms with E-state index in [-0.39, 0.29) is 6.61 Å². The molecule has 0 aromatic carbocycles. The van der Waals surface area contributed by atoms with E-state index in [1.54, 1.807) is 0 Å². The molecule has 0 aliphatic heterocycles. The minimum atomic E-state index is 0.0506. The second-order valence-electron chi connectivity index (χ2n) is 3.43. The fourth-order valence-electron chi connectivity index (χ4n) is 1.53. The van der Waals surface area contributed by atoms with Gasteiger partial charge in [-0.05, 0) is 31.4 Å². The zero-order chi connectivity index (χ0) is 10.6. The fraction of sp³-hybridized carbons (Fsp3) is 0.545. The molecular weight excluding hydrogens is 198 g/mol. The molecule has 0 aliphatic rings. The average Bonchev–Trinajstić information content (AvgIpc) is 2.14. The second-order valence-corrected chi connectivity index (χ2v) is 3.82. The zero-order valence-electron chi connectivity index (χ0n) is 8.68. The molecule has 0 bridgehead atoms. The van der Waals surface area contributed by atoms with Crippen LogP contribution in [0.4, 0.5) is 0 Å². The molecular formula is C11H16ClNO. The van der Waals surface area contributed by atoms with Gasteiger partial charge in [-0.3, -0.25) is 0 Å². The highest BCUT2D eigenvalue weighted by Gasteiger charge is 2.07. The predicted molar refractivity (Wildman–Crippen MR) is 58.5 cm³/mol. The van der Waals surface area contributed by atoms with Gasteiger partial charge in [0.1, 0.15) is 5.15 Å². The lowest BCUT2D eigenvalue weighted by atomic mass is 10.0. The first-order chi connectivity index (χ1) is 6.69. The van der Waals surface area contributed by atoms with E-state index in [1.165, 1.54) is 0 Å². The Morgan fingerprint density at radius 3 is 2.79 bits per heavy atom. The van der Waals surface area contributed by atoms with Crippen molar-refractivity contribution in [3.05, 3.63) is 28.0 Å². The van der Waals surface area contributed by atoms with E-state index in [2.05, 4.69) is 11.9 Å². The molecule has 1 N–H and O–H groups in total. The number of unbranched alkanes of at least 4 members (excludes halogenated alkanes) is 1. The predicted octanol–water partition coefficient (Wildman–Crippen LogP) is 2.88. The maximum absolute atomic E-state index is 9.21. The van der Waals surface area contributed by atoms with Crippen LogP contribution in [-0.4, -0.2) is 10.1 Å². The van der Waals surface area contributed by atoms with Crippen LogP contribution in [0.25, 0.3) is 0 Å². The van der Waals surface area contributed by atoms with Gasteiger partial charge in [0, 0.05) is 11.3 Å². The van der Waals surface area contributed by atoms with Gasteiger partial charge in [0.15, 0.2) is 0 Å². The van der Waals surface area contributed by atoms with Gasteiger partial charge in [0.25, 0.3) is 0 Å². The third-order valence-electron chi connectivity index (χ3n) is 2.35. The summed E-state index contributed by atoms with van der Waals surface area (Å²) in [5.74, 6) is 0. The van der Waals surface area contributed by atoms with Crippen LogP contribution in [0.3, 0.4) is 0 Å². The van der Waals surface area contributed by atoms with E-state index in [9.17, 15) is 5.11 Å². The van der Waals surface area contributed by atoms with Crippen molar-refractivity contribution < 1.29 is 5.11 Å². The summed E-state index contributed by atoms with van der Waals surface area (Å²) in [5, 5.41) is 9.73. The van der Waals surface area contributed by atoms with Crippen molar-refractivity contribution in [2.75, 3.05) is 0 Å². The molecule has 2 nitrogen and oxygen atoms in total. The molecule has 0 aliphatic carbocycles. The Bertz CT molecular complexity index is 312. The van der Waals surface area contributed by atoms with Crippen molar-refractivity contribution in [2.24, 2.45) is 0 Å². The molecule has 0 amide bonds. The van der Waals surface area contributed by atoms with Crippen LogP contribution in [-0.2, 0) is 13.0 Å². The van der Waals surface area contributed by atoms with Gasteiger partial charge in [-0.15, -0.1) is 0 Å². The van der Waals surface area contributed by atoms with Crippen LogP contribution >= 0.6 is 11.6 Å². The molecule has 1 heterocycles. The molecule has 1 aromatic rings. The summed E-state index contributed by atoms with van der Waals surface area (Å²) in [5.41, 5.74) is 2.90. The second kappa shape index (κ2) is 5.32. The molecule has 78 valence electrons. The van der Waals surface area contributed by atoms with E-state index in [0.29, 0.717) is 5.15 Å². The quantitative estimate of drug-likeness (QED) is 0.781. The van der Waals surface area contributed by atoms with E-state index < -0.39 is 0 Å². The summed E-state index contributed by atoms with van der Waals surface area (Å²) in [6, 6.07) is 1.86. The van der Waals surface area contributed by atoms with E-state index in [1.807, 2.05) is 13.0 Å². The van der Waals surface area contributed by atoms with Gasteiger partial charge >= 0.3 is 0 Å². The van der Waals surface area contributed by atoms with E-state index in [0.717, 1.165) is 36.1 Å². The summed E-state index contributed by atoms with van der Waals surface area (Å²) in [7, 11) is 0. The summed E-state index contributed by atoms with van der Waals surface area (Å²) in [6.45, 7) is 4.08. The normalized spacial score (nSPS) is 10.6. The van der Waals surface area contributed by atoms with Gasteiger partial charge in [-0.1, -0.05) is 24.9 Å². The molecule has 0 unspecified atom stereocenters. The highest BCUT2D eigenvalue weighted by Crippen LogP contribution is 2.19. The Labute approximate surface area is 89.9 Å². The molecule has 0 atom stereocenters. The molecule has 14 heavy (non-hydrogen) atoms. The van der Waals surface area contributed by atoms with Gasteiger partial charge in [-0.2, -0.15) is 0 Å². The molecule has 1 aromatic heterocycles. The number of aliphatic hydroxyl groups is 1. The SMILES string of the molecule is CCCCc1cc(Cl)nc(C)c1CO. The number of halogens is 1. The van der Waals surface area contributed by atoms with Crippen LogP contribution in [0.15, 0.2) is 6.07 Å². The van der Waals surface area contributed by atoms with Crippen LogP contribution < -0.4 is 0 Å². The molecule has 0 fully saturated rings. The molecule has 0 saturated heterocycles. The Balaban J connectivity index is 2.99. The van der Waals surface area contributed by atoms with Crippen LogP contribution in [0.2, 0.25) is 5.15 Å². The lowest BCUT2D eigenvalue weighted by Crippen LogP contribution is -2.00. The van der Waals surface area contributed by atoms with Crippen molar-refractivity contribution in [3.8, 4) is 0 Å². The van der Waals surface area contributed by atoms with Crippen LogP contribution in [0.1, 0.15) is 36.6 Å². The highest BCUT2D eigenvalue weighted by atomic mass is 35.5. The van der Waals surface area contributed by atoms with Gasteiger partial charge in [-0.25, -0.2) is 4.98 Å². The topological polar surface area (TPSA) is 33.1 Å². The number of rotatable bonds is 4. The maximum atomic E-state index is 9.21. The Morgan fingerprint density at radius 1 is 1.50 bits per heavy atom. The first-order valence-electron chi connectivity index (χ1n) is 4.94. The van der Waals surface area contributed by atoms with E-state index in [4.69, 9.17) is 11.6 Å². The standard InChI is InChI=1S/C11H16ClNO/c1-3-4-5-9-6-11(12)13-8(2)10(9)7-14/h6,14H,3-5,7H2,1-2H3. The summed E-state index contributed by atoms with van der Waals surface area (Å²) < 4.78 is 0. The summed E-state index contributed by atoms with van der Waals surface area (Å²) >= 11 is 5.87. The van der Waals surface area contributed by atoms with Crippen molar-refractivity contribution in [1.82, 2.24) is 4.98 Å². The Kier molecular flexibility index (Phi) is 4.36. The number of pyridine rings is 1. The monoisotopic (exact) mass is 213 g/mol. The van der Waals surface area contributed by atoms with Gasteiger partial charge < -0.3 is 5.11 Å². The van der Waals surface area contributed by atoms with Crippen LogP contribution in [0, 0.1) is 6.92 Å². The number of hydrogen-bond acceptors (Lipinski definition) is 2. The number of aromatic nitrogens is 1. The number of nitrogens with zero attached hydrogens (tertiary/aromatic N) is 1. The fourth-order valence-corrected chi connectivity index (χ4v) is 1.79. The number of hydrogen-bond donors (Lipinski definition) is 1. The molecule has 1 rings (SSSR count). The van der Waals surface area contributed by atoms with Crippen LogP contribution in [0.5, 0.6) is 0 Å². The van der Waals surface area contributed by atoms with Crippen molar-refractivity contribution in [3.63, 3.8) is 0 Å². The largest absolute Gasteiger partial charge is 0.392 e. The Hall–Kier alpha value is -0.600. The lowest BCUT2D eigenvalue weighted by molar-refractivity contribution is 0.279. The average molecular weight is 214 g/mol. The summed E-state index contributed by atoms with van der Waals surface area (Å²) in [4.78, 5) is 4.12. The number of aryl methyl sites for hydroxylation is 2. The van der Waals surface area contributed by atoms with Gasteiger partial charge in [0.2, 0.25) is 0 Å².